The minimum atomic E-state index is -4.36. The SMILES string of the molecule is Cc1cc(N[C@@H](C)c2cccc(C(F)(F)F)c2)n2ncnc2n1. The molecule has 8 heteroatoms. The summed E-state index contributed by atoms with van der Waals surface area (Å²) >= 11 is 0. The molecule has 0 unspecified atom stereocenters. The number of aryl methyl sites for hydroxylation is 1. The molecule has 0 bridgehead atoms. The van der Waals surface area contributed by atoms with Crippen molar-refractivity contribution in [1.29, 1.82) is 0 Å². The lowest BCUT2D eigenvalue weighted by Crippen LogP contribution is -2.13. The van der Waals surface area contributed by atoms with Gasteiger partial charge >= 0.3 is 6.18 Å². The van der Waals surface area contributed by atoms with E-state index in [2.05, 4.69) is 20.4 Å². The molecule has 5 nitrogen and oxygen atoms in total. The number of rotatable bonds is 3. The number of halogens is 3. The molecule has 0 aliphatic carbocycles. The summed E-state index contributed by atoms with van der Waals surface area (Å²) in [6.07, 6.45) is -2.98. The Bertz CT molecular complexity index is 840. The molecule has 0 fully saturated rings. The van der Waals surface area contributed by atoms with Gasteiger partial charge in [0.05, 0.1) is 5.56 Å². The molecule has 0 radical (unpaired) electrons. The van der Waals surface area contributed by atoms with Crippen molar-refractivity contribution in [3.63, 3.8) is 0 Å². The highest BCUT2D eigenvalue weighted by Gasteiger charge is 2.30. The Morgan fingerprint density at radius 2 is 2.00 bits per heavy atom. The number of aromatic nitrogens is 4. The second kappa shape index (κ2) is 5.53. The predicted molar refractivity (Wildman–Crippen MR) is 79.0 cm³/mol. The first kappa shape index (κ1) is 15.3. The van der Waals surface area contributed by atoms with Gasteiger partial charge in [-0.15, -0.1) is 0 Å². The van der Waals surface area contributed by atoms with E-state index < -0.39 is 11.7 Å². The van der Waals surface area contributed by atoms with Gasteiger partial charge in [-0.1, -0.05) is 12.1 Å². The highest BCUT2D eigenvalue weighted by Crippen LogP contribution is 2.31. The highest BCUT2D eigenvalue weighted by atomic mass is 19.4. The first-order chi connectivity index (χ1) is 10.8. The van der Waals surface area contributed by atoms with Crippen LogP contribution in [0, 0.1) is 6.92 Å². The van der Waals surface area contributed by atoms with Crippen molar-refractivity contribution in [1.82, 2.24) is 19.6 Å². The molecule has 0 saturated carbocycles. The Balaban J connectivity index is 1.92. The summed E-state index contributed by atoms with van der Waals surface area (Å²) in [5, 5.41) is 7.22. The molecule has 3 aromatic rings. The van der Waals surface area contributed by atoms with Crippen LogP contribution in [0.2, 0.25) is 0 Å². The van der Waals surface area contributed by atoms with E-state index in [1.807, 2.05) is 6.92 Å². The highest BCUT2D eigenvalue weighted by molar-refractivity contribution is 5.46. The smallest absolute Gasteiger partial charge is 0.363 e. The van der Waals surface area contributed by atoms with E-state index in [0.717, 1.165) is 17.8 Å². The van der Waals surface area contributed by atoms with Gasteiger partial charge in [0.15, 0.2) is 0 Å². The molecule has 0 aliphatic rings. The number of hydrogen-bond acceptors (Lipinski definition) is 4. The van der Waals surface area contributed by atoms with Gasteiger partial charge in [-0.25, -0.2) is 4.98 Å². The Hall–Kier alpha value is -2.64. The Morgan fingerprint density at radius 1 is 1.22 bits per heavy atom. The lowest BCUT2D eigenvalue weighted by Gasteiger charge is -2.18. The molecule has 23 heavy (non-hydrogen) atoms. The van der Waals surface area contributed by atoms with Gasteiger partial charge in [-0.3, -0.25) is 0 Å². The molecule has 0 saturated heterocycles. The lowest BCUT2D eigenvalue weighted by atomic mass is 10.0. The minimum Gasteiger partial charge on any atom is -0.363 e. The normalized spacial score (nSPS) is 13.3. The second-order valence-electron chi connectivity index (χ2n) is 5.24. The van der Waals surface area contributed by atoms with Crippen LogP contribution in [-0.2, 0) is 6.18 Å². The van der Waals surface area contributed by atoms with Crippen LogP contribution in [-0.4, -0.2) is 19.6 Å². The summed E-state index contributed by atoms with van der Waals surface area (Å²) in [6.45, 7) is 3.60. The fourth-order valence-electron chi connectivity index (χ4n) is 2.32. The van der Waals surface area contributed by atoms with Crippen molar-refractivity contribution in [3.8, 4) is 0 Å². The van der Waals surface area contributed by atoms with Crippen molar-refractivity contribution in [2.75, 3.05) is 5.32 Å². The van der Waals surface area contributed by atoms with Crippen LogP contribution in [0.3, 0.4) is 0 Å². The predicted octanol–water partition coefficient (Wildman–Crippen LogP) is 3.62. The van der Waals surface area contributed by atoms with Crippen LogP contribution in [0.5, 0.6) is 0 Å². The van der Waals surface area contributed by atoms with Gasteiger partial charge < -0.3 is 5.32 Å². The lowest BCUT2D eigenvalue weighted by molar-refractivity contribution is -0.137. The van der Waals surface area contributed by atoms with Gasteiger partial charge in [0.25, 0.3) is 5.78 Å². The van der Waals surface area contributed by atoms with Gasteiger partial charge in [-0.05, 0) is 31.5 Å². The second-order valence-corrected chi connectivity index (χ2v) is 5.24. The maximum atomic E-state index is 12.8. The first-order valence-electron chi connectivity index (χ1n) is 6.95. The number of nitrogens with zero attached hydrogens (tertiary/aromatic N) is 4. The van der Waals surface area contributed by atoms with E-state index in [1.165, 1.54) is 16.9 Å². The van der Waals surface area contributed by atoms with E-state index in [0.29, 0.717) is 17.2 Å². The van der Waals surface area contributed by atoms with Crippen LogP contribution < -0.4 is 5.32 Å². The van der Waals surface area contributed by atoms with Crippen molar-refractivity contribution in [2.24, 2.45) is 0 Å². The average molecular weight is 321 g/mol. The standard InChI is InChI=1S/C15H14F3N5/c1-9-6-13(23-14(21-9)19-8-20-23)22-10(2)11-4-3-5-12(7-11)15(16,17)18/h3-8,10,22H,1-2H3/t10-/m0/s1. The van der Waals surface area contributed by atoms with Crippen LogP contribution in [0.15, 0.2) is 36.7 Å². The quantitative estimate of drug-likeness (QED) is 0.800. The summed E-state index contributed by atoms with van der Waals surface area (Å²) in [5.74, 6) is 1.05. The summed E-state index contributed by atoms with van der Waals surface area (Å²) in [4.78, 5) is 8.24. The molecule has 120 valence electrons. The van der Waals surface area contributed by atoms with Crippen LogP contribution in [0.1, 0.15) is 29.8 Å². The maximum absolute atomic E-state index is 12.8. The molecule has 0 amide bonds. The maximum Gasteiger partial charge on any atom is 0.416 e. The Labute approximate surface area is 130 Å². The third-order valence-corrected chi connectivity index (χ3v) is 3.46. The largest absolute Gasteiger partial charge is 0.416 e. The average Bonchev–Trinajstić information content (AvgIpc) is 2.94. The van der Waals surface area contributed by atoms with Gasteiger partial charge in [-0.2, -0.15) is 27.8 Å². The van der Waals surface area contributed by atoms with E-state index in [-0.39, 0.29) is 6.04 Å². The summed E-state index contributed by atoms with van der Waals surface area (Å²) in [5.41, 5.74) is 0.604. The summed E-state index contributed by atoms with van der Waals surface area (Å²) in [6, 6.07) is 6.68. The summed E-state index contributed by atoms with van der Waals surface area (Å²) in [7, 11) is 0. The number of alkyl halides is 3. The third-order valence-electron chi connectivity index (χ3n) is 3.46. The molecule has 1 atom stereocenters. The van der Waals surface area contributed by atoms with Crippen molar-refractivity contribution in [3.05, 3.63) is 53.5 Å². The Morgan fingerprint density at radius 3 is 2.74 bits per heavy atom. The fourth-order valence-corrected chi connectivity index (χ4v) is 2.32. The molecule has 0 spiro atoms. The van der Waals surface area contributed by atoms with Crippen molar-refractivity contribution < 1.29 is 13.2 Å². The number of hydrogen-bond donors (Lipinski definition) is 1. The van der Waals surface area contributed by atoms with Crippen molar-refractivity contribution >= 4 is 11.6 Å². The molecule has 3 rings (SSSR count). The molecule has 1 N–H and O–H groups in total. The van der Waals surface area contributed by atoms with E-state index in [4.69, 9.17) is 0 Å². The van der Waals surface area contributed by atoms with Crippen LogP contribution in [0.4, 0.5) is 19.0 Å². The topological polar surface area (TPSA) is 55.1 Å². The number of fused-ring (bicyclic) bond motifs is 1. The van der Waals surface area contributed by atoms with E-state index in [9.17, 15) is 13.2 Å². The number of anilines is 1. The zero-order valence-corrected chi connectivity index (χ0v) is 12.5. The molecule has 0 aliphatic heterocycles. The zero-order chi connectivity index (χ0) is 16.6. The minimum absolute atomic E-state index is 0.341. The summed E-state index contributed by atoms with van der Waals surface area (Å²) < 4.78 is 40.0. The van der Waals surface area contributed by atoms with Gasteiger partial charge in [0.1, 0.15) is 12.1 Å². The molecule has 2 aromatic heterocycles. The number of benzene rings is 1. The fraction of sp³-hybridized carbons (Fsp3) is 0.267. The van der Waals surface area contributed by atoms with Crippen LogP contribution in [0.25, 0.3) is 5.78 Å². The molecule has 2 heterocycles. The Kier molecular flexibility index (Phi) is 3.67. The third kappa shape index (κ3) is 3.10. The molecular weight excluding hydrogens is 307 g/mol. The van der Waals surface area contributed by atoms with E-state index in [1.54, 1.807) is 19.1 Å². The van der Waals surface area contributed by atoms with Crippen LogP contribution >= 0.6 is 0 Å². The van der Waals surface area contributed by atoms with Crippen molar-refractivity contribution in [2.45, 2.75) is 26.1 Å². The molecule has 1 aromatic carbocycles. The first-order valence-corrected chi connectivity index (χ1v) is 6.95. The monoisotopic (exact) mass is 321 g/mol. The number of nitrogens with one attached hydrogen (secondary N) is 1. The molecular formula is C15H14F3N5. The van der Waals surface area contributed by atoms with E-state index >= 15 is 0 Å². The van der Waals surface area contributed by atoms with Gasteiger partial charge in [0.2, 0.25) is 0 Å². The van der Waals surface area contributed by atoms with Gasteiger partial charge in [0, 0.05) is 17.8 Å². The zero-order valence-electron chi connectivity index (χ0n) is 12.5.